The molecule has 3 rings (SSSR count). The molecule has 0 radical (unpaired) electrons. The van der Waals surface area contributed by atoms with E-state index in [1.165, 1.54) is 75.1 Å². The number of nitrogens with zero attached hydrogens (tertiary/aromatic N) is 2. The van der Waals surface area contributed by atoms with Crippen molar-refractivity contribution in [2.75, 3.05) is 0 Å². The van der Waals surface area contributed by atoms with Crippen LogP contribution in [-0.2, 0) is 6.54 Å². The highest BCUT2D eigenvalue weighted by atomic mass is 16.1. The second kappa shape index (κ2) is 24.2. The van der Waals surface area contributed by atoms with E-state index in [9.17, 15) is 9.59 Å². The molecule has 1 aromatic carbocycles. The Kier molecular flexibility index (Phi) is 22.6. The topological polar surface area (TPSA) is 50.3 Å². The Morgan fingerprint density at radius 1 is 0.870 bits per heavy atom. The molecule has 258 valence electrons. The van der Waals surface area contributed by atoms with Crippen molar-refractivity contribution in [3.05, 3.63) is 87.9 Å². The molecule has 46 heavy (non-hydrogen) atoms. The number of allylic oxidation sites excluding steroid dienone is 3. The lowest BCUT2D eigenvalue weighted by atomic mass is 9.94. The fourth-order valence-corrected chi connectivity index (χ4v) is 5.87. The van der Waals surface area contributed by atoms with Crippen LogP contribution in [0, 0.1) is 32.6 Å². The molecule has 1 unspecified atom stereocenters. The Bertz CT molecular complexity index is 1190. The quantitative estimate of drug-likeness (QED) is 0.206. The average Bonchev–Trinajstić information content (AvgIpc) is 3.02. The van der Waals surface area contributed by atoms with Crippen LogP contribution in [0.4, 0.5) is 0 Å². The summed E-state index contributed by atoms with van der Waals surface area (Å²) < 4.78 is 0. The number of aryl methyl sites for hydroxylation is 3. The number of carbonyl (C=O) groups excluding carboxylic acids is 2. The fourth-order valence-electron chi connectivity index (χ4n) is 5.87. The van der Waals surface area contributed by atoms with Crippen LogP contribution in [0.5, 0.6) is 0 Å². The normalized spacial score (nSPS) is 13.5. The Morgan fingerprint density at radius 3 is 1.80 bits per heavy atom. The number of rotatable bonds is 13. The third-order valence-corrected chi connectivity index (χ3v) is 8.35. The van der Waals surface area contributed by atoms with Gasteiger partial charge in [-0.3, -0.25) is 14.6 Å². The summed E-state index contributed by atoms with van der Waals surface area (Å²) >= 11 is 0. The van der Waals surface area contributed by atoms with Crippen LogP contribution in [0.15, 0.2) is 54.5 Å². The number of aromatic nitrogens is 1. The lowest BCUT2D eigenvalue weighted by molar-refractivity contribution is 0.100. The zero-order chi connectivity index (χ0) is 35.2. The monoisotopic (exact) mass is 633 g/mol. The Hall–Kier alpha value is -3.01. The lowest BCUT2D eigenvalue weighted by Crippen LogP contribution is -2.34. The number of carbonyl (C=O) groups is 2. The Morgan fingerprint density at radius 2 is 1.43 bits per heavy atom. The van der Waals surface area contributed by atoms with Crippen molar-refractivity contribution in [1.82, 2.24) is 9.88 Å². The molecule has 1 aliphatic rings. The molecule has 0 saturated heterocycles. The average molecular weight is 633 g/mol. The summed E-state index contributed by atoms with van der Waals surface area (Å²) in [6.07, 6.45) is 21.3. The molecular weight excluding hydrogens is 564 g/mol. The highest BCUT2D eigenvalue weighted by molar-refractivity contribution is 6.00. The number of pyridine rings is 1. The molecule has 1 atom stereocenters. The molecule has 0 amide bonds. The van der Waals surface area contributed by atoms with E-state index >= 15 is 0 Å². The van der Waals surface area contributed by atoms with Gasteiger partial charge in [-0.1, -0.05) is 93.2 Å². The maximum atomic E-state index is 11.3. The smallest absolute Gasteiger partial charge is 0.160 e. The van der Waals surface area contributed by atoms with Crippen molar-refractivity contribution < 1.29 is 9.59 Å². The van der Waals surface area contributed by atoms with Gasteiger partial charge in [-0.25, -0.2) is 0 Å². The third-order valence-electron chi connectivity index (χ3n) is 8.35. The number of hydrogen-bond donors (Lipinski definition) is 0. The van der Waals surface area contributed by atoms with Gasteiger partial charge in [-0.15, -0.1) is 0 Å². The molecule has 1 aliphatic carbocycles. The fraction of sp³-hybridized carbons (Fsp3) is 0.595. The van der Waals surface area contributed by atoms with Crippen molar-refractivity contribution >= 4 is 11.6 Å². The number of ketones is 2. The van der Waals surface area contributed by atoms with Gasteiger partial charge in [0.15, 0.2) is 11.6 Å². The number of hydrogen-bond acceptors (Lipinski definition) is 4. The highest BCUT2D eigenvalue weighted by Gasteiger charge is 2.21. The zero-order valence-corrected chi connectivity index (χ0v) is 31.9. The van der Waals surface area contributed by atoms with E-state index in [1.807, 2.05) is 40.1 Å². The maximum absolute atomic E-state index is 11.3. The summed E-state index contributed by atoms with van der Waals surface area (Å²) in [5.41, 5.74) is 7.26. The van der Waals surface area contributed by atoms with Crippen molar-refractivity contribution in [3.8, 4) is 0 Å². The van der Waals surface area contributed by atoms with Gasteiger partial charge in [-0.05, 0) is 119 Å². The van der Waals surface area contributed by atoms with Crippen LogP contribution < -0.4 is 0 Å². The van der Waals surface area contributed by atoms with Crippen molar-refractivity contribution in [3.63, 3.8) is 0 Å². The van der Waals surface area contributed by atoms with Crippen LogP contribution in [0.1, 0.15) is 164 Å². The second-order valence-corrected chi connectivity index (χ2v) is 12.8. The van der Waals surface area contributed by atoms with Gasteiger partial charge in [0.2, 0.25) is 0 Å². The molecule has 1 aromatic heterocycles. The van der Waals surface area contributed by atoms with Crippen LogP contribution in [0.3, 0.4) is 0 Å². The molecule has 4 heteroatoms. The van der Waals surface area contributed by atoms with Gasteiger partial charge in [-0.2, -0.15) is 0 Å². The van der Waals surface area contributed by atoms with Crippen LogP contribution in [0.2, 0.25) is 0 Å². The summed E-state index contributed by atoms with van der Waals surface area (Å²) in [6, 6.07) is 6.28. The minimum Gasteiger partial charge on any atom is -0.364 e. The van der Waals surface area contributed by atoms with E-state index in [-0.39, 0.29) is 11.6 Å². The summed E-state index contributed by atoms with van der Waals surface area (Å²) in [5.74, 6) is 1.70. The Labute approximate surface area is 284 Å². The van der Waals surface area contributed by atoms with E-state index in [0.29, 0.717) is 17.5 Å². The predicted molar refractivity (Wildman–Crippen MR) is 201 cm³/mol. The van der Waals surface area contributed by atoms with E-state index in [1.54, 1.807) is 19.1 Å². The molecule has 2 aromatic rings. The van der Waals surface area contributed by atoms with Crippen LogP contribution >= 0.6 is 0 Å². The van der Waals surface area contributed by atoms with Gasteiger partial charge < -0.3 is 4.90 Å². The number of Topliss-reactive ketones (excluding diaryl/α,β-unsaturated/α-hetero) is 2. The summed E-state index contributed by atoms with van der Waals surface area (Å²) in [6.45, 7) is 27.6. The van der Waals surface area contributed by atoms with Gasteiger partial charge >= 0.3 is 0 Å². The molecule has 0 fully saturated rings. The van der Waals surface area contributed by atoms with E-state index in [4.69, 9.17) is 0 Å². The van der Waals surface area contributed by atoms with Crippen LogP contribution in [-0.4, -0.2) is 27.5 Å². The molecule has 0 spiro atoms. The maximum Gasteiger partial charge on any atom is 0.160 e. The third kappa shape index (κ3) is 15.5. The van der Waals surface area contributed by atoms with E-state index in [0.717, 1.165) is 29.2 Å². The highest BCUT2D eigenvalue weighted by Crippen LogP contribution is 2.28. The molecule has 4 nitrogen and oxygen atoms in total. The molecule has 0 bridgehead atoms. The molecule has 0 aliphatic heterocycles. The van der Waals surface area contributed by atoms with Gasteiger partial charge in [0.05, 0.1) is 0 Å². The standard InChI is InChI=1S/C22H34N2.C12H14O2.C6H14.C2H6/c1-5-8-21(9-6-2)24(17-20-16-23-15-14-18(20)4)22-12-10-19(7-3)11-13-22;1-7-5-11(9(3)13)6-8(2)12(7)10(4)14;1-4-5-6(2)3;1-2/h10,12-16,19,21H,5-9,11,17H2,1-4H3;5-6H,1-4H3;6H,4-5H2,1-3H3;1-2H3. The second-order valence-electron chi connectivity index (χ2n) is 12.8. The van der Waals surface area contributed by atoms with Crippen LogP contribution in [0.25, 0.3) is 0 Å². The van der Waals surface area contributed by atoms with Crippen molar-refractivity contribution in [2.45, 2.75) is 154 Å². The summed E-state index contributed by atoms with van der Waals surface area (Å²) in [4.78, 5) is 29.4. The first kappa shape index (κ1) is 43.0. The minimum atomic E-state index is 0.0336. The molecule has 0 saturated carbocycles. The molecule has 1 heterocycles. The van der Waals surface area contributed by atoms with E-state index in [2.05, 4.69) is 82.6 Å². The first-order valence-corrected chi connectivity index (χ1v) is 18.1. The van der Waals surface area contributed by atoms with Gasteiger partial charge in [0.1, 0.15) is 0 Å². The number of benzene rings is 1. The lowest BCUT2D eigenvalue weighted by Gasteiger charge is -2.36. The SMILES string of the molecule is CC.CC(=O)c1cc(C)c(C(C)=O)c(C)c1.CCCC(C)C.CCCC(CCC)N(Cc1cnccc1C)C1=CCC(CC)C=C1. The molecular formula is C42H68N2O2. The summed E-state index contributed by atoms with van der Waals surface area (Å²) in [7, 11) is 0. The first-order valence-electron chi connectivity index (χ1n) is 18.1. The minimum absolute atomic E-state index is 0.0336. The largest absolute Gasteiger partial charge is 0.364 e. The zero-order valence-electron chi connectivity index (χ0n) is 31.9. The van der Waals surface area contributed by atoms with Gasteiger partial charge in [0.25, 0.3) is 0 Å². The van der Waals surface area contributed by atoms with E-state index < -0.39 is 0 Å². The Balaban J connectivity index is 0.000000775. The van der Waals surface area contributed by atoms with Gasteiger partial charge in [0, 0.05) is 41.8 Å². The predicted octanol–water partition coefficient (Wildman–Crippen LogP) is 12.2. The molecule has 0 N–H and O–H groups in total. The first-order chi connectivity index (χ1) is 21.9. The van der Waals surface area contributed by atoms with Crippen molar-refractivity contribution in [2.24, 2.45) is 11.8 Å². The summed E-state index contributed by atoms with van der Waals surface area (Å²) in [5, 5.41) is 0. The van der Waals surface area contributed by atoms with Crippen molar-refractivity contribution in [1.29, 1.82) is 0 Å².